The van der Waals surface area contributed by atoms with Crippen LogP contribution in [0, 0.1) is 0 Å². The van der Waals surface area contributed by atoms with Gasteiger partial charge in [0.25, 0.3) is 0 Å². The van der Waals surface area contributed by atoms with Crippen LogP contribution < -0.4 is 0 Å². The molecule has 1 aromatic carbocycles. The summed E-state index contributed by atoms with van der Waals surface area (Å²) in [7, 11) is 0. The minimum atomic E-state index is 0.279. The Morgan fingerprint density at radius 2 is 2.15 bits per heavy atom. The molecule has 0 aliphatic rings. The molecule has 1 N–H and O–H groups in total. The topological polar surface area (TPSA) is 20.2 Å². The molecule has 0 atom stereocenters. The maximum absolute atomic E-state index is 8.70. The Labute approximate surface area is 81.6 Å². The van der Waals surface area contributed by atoms with Gasteiger partial charge in [0.1, 0.15) is 0 Å². The van der Waals surface area contributed by atoms with Gasteiger partial charge in [0, 0.05) is 11.3 Å². The van der Waals surface area contributed by atoms with Crippen LogP contribution in [0.15, 0.2) is 29.6 Å². The molecule has 0 bridgehead atoms. The van der Waals surface area contributed by atoms with E-state index in [9.17, 15) is 0 Å². The van der Waals surface area contributed by atoms with Crippen LogP contribution in [0.4, 0.5) is 0 Å². The molecule has 68 valence electrons. The molecule has 2 aromatic rings. The zero-order valence-electron chi connectivity index (χ0n) is 7.36. The van der Waals surface area contributed by atoms with Crippen LogP contribution in [-0.4, -0.2) is 11.7 Å². The summed E-state index contributed by atoms with van der Waals surface area (Å²) >= 11 is 1.77. The standard InChI is InChI=1S/C11H12OS/c12-6-1-2-9-3-4-11-10(8-9)5-7-13-11/h3-5,7-8,12H,1-2,6H2. The Morgan fingerprint density at radius 1 is 1.23 bits per heavy atom. The Morgan fingerprint density at radius 3 is 3.00 bits per heavy atom. The minimum Gasteiger partial charge on any atom is -0.396 e. The molecule has 2 heteroatoms. The molecule has 0 aliphatic heterocycles. The molecule has 0 spiro atoms. The van der Waals surface area contributed by atoms with Crippen molar-refractivity contribution in [3.63, 3.8) is 0 Å². The number of hydrogen-bond acceptors (Lipinski definition) is 2. The third kappa shape index (κ3) is 1.90. The molecule has 1 heterocycles. The predicted octanol–water partition coefficient (Wildman–Crippen LogP) is 2.83. The highest BCUT2D eigenvalue weighted by molar-refractivity contribution is 7.17. The van der Waals surface area contributed by atoms with Crippen molar-refractivity contribution >= 4 is 21.4 Å². The first-order chi connectivity index (χ1) is 6.40. The van der Waals surface area contributed by atoms with Gasteiger partial charge in [-0.05, 0) is 41.3 Å². The average Bonchev–Trinajstić information content (AvgIpc) is 2.61. The lowest BCUT2D eigenvalue weighted by Gasteiger charge is -1.98. The monoisotopic (exact) mass is 192 g/mol. The highest BCUT2D eigenvalue weighted by Gasteiger charge is 1.96. The van der Waals surface area contributed by atoms with Gasteiger partial charge in [-0.25, -0.2) is 0 Å². The normalized spacial score (nSPS) is 10.8. The number of fused-ring (bicyclic) bond motifs is 1. The van der Waals surface area contributed by atoms with Crippen LogP contribution in [-0.2, 0) is 6.42 Å². The van der Waals surface area contributed by atoms with E-state index in [0.29, 0.717) is 0 Å². The van der Waals surface area contributed by atoms with Crippen LogP contribution in [0.1, 0.15) is 12.0 Å². The Balaban J connectivity index is 2.26. The fourth-order valence-electron chi connectivity index (χ4n) is 1.45. The average molecular weight is 192 g/mol. The van der Waals surface area contributed by atoms with E-state index in [1.54, 1.807) is 11.3 Å². The van der Waals surface area contributed by atoms with E-state index in [4.69, 9.17) is 5.11 Å². The molecule has 0 amide bonds. The maximum Gasteiger partial charge on any atom is 0.0434 e. The Bertz CT molecular complexity index is 392. The fourth-order valence-corrected chi connectivity index (χ4v) is 2.23. The van der Waals surface area contributed by atoms with E-state index < -0.39 is 0 Å². The second kappa shape index (κ2) is 3.90. The maximum atomic E-state index is 8.70. The first-order valence-corrected chi connectivity index (χ1v) is 5.35. The van der Waals surface area contributed by atoms with Gasteiger partial charge in [0.15, 0.2) is 0 Å². The molecule has 0 aliphatic carbocycles. The summed E-state index contributed by atoms with van der Waals surface area (Å²) in [6.45, 7) is 0.279. The molecule has 0 saturated heterocycles. The van der Waals surface area contributed by atoms with Crippen molar-refractivity contribution in [2.45, 2.75) is 12.8 Å². The summed E-state index contributed by atoms with van der Waals surface area (Å²) < 4.78 is 1.34. The van der Waals surface area contributed by atoms with E-state index in [1.807, 2.05) is 0 Å². The highest BCUT2D eigenvalue weighted by atomic mass is 32.1. The quantitative estimate of drug-likeness (QED) is 0.792. The summed E-state index contributed by atoms with van der Waals surface area (Å²) in [4.78, 5) is 0. The van der Waals surface area contributed by atoms with E-state index in [0.717, 1.165) is 12.8 Å². The van der Waals surface area contributed by atoms with E-state index in [-0.39, 0.29) is 6.61 Å². The number of aliphatic hydroxyl groups is 1. The first-order valence-electron chi connectivity index (χ1n) is 4.47. The van der Waals surface area contributed by atoms with E-state index >= 15 is 0 Å². The molecule has 0 unspecified atom stereocenters. The SMILES string of the molecule is OCCCc1ccc2sccc2c1. The van der Waals surface area contributed by atoms with Gasteiger partial charge >= 0.3 is 0 Å². The van der Waals surface area contributed by atoms with Gasteiger partial charge in [-0.2, -0.15) is 0 Å². The second-order valence-corrected chi connectivity index (χ2v) is 4.07. The largest absolute Gasteiger partial charge is 0.396 e. The third-order valence-corrected chi connectivity index (χ3v) is 3.04. The van der Waals surface area contributed by atoms with Crippen molar-refractivity contribution < 1.29 is 5.11 Å². The summed E-state index contributed by atoms with van der Waals surface area (Å²) in [5, 5.41) is 12.1. The lowest BCUT2D eigenvalue weighted by atomic mass is 10.1. The van der Waals surface area contributed by atoms with Crippen LogP contribution in [0.3, 0.4) is 0 Å². The van der Waals surface area contributed by atoms with Gasteiger partial charge in [0.2, 0.25) is 0 Å². The molecule has 1 nitrogen and oxygen atoms in total. The fraction of sp³-hybridized carbons (Fsp3) is 0.273. The number of hydrogen-bond donors (Lipinski definition) is 1. The van der Waals surface area contributed by atoms with Crippen molar-refractivity contribution in [3.05, 3.63) is 35.2 Å². The van der Waals surface area contributed by atoms with Crippen LogP contribution in [0.2, 0.25) is 0 Å². The number of rotatable bonds is 3. The molecule has 2 rings (SSSR count). The smallest absolute Gasteiger partial charge is 0.0434 e. The molecular formula is C11H12OS. The molecule has 1 aromatic heterocycles. The number of aryl methyl sites for hydroxylation is 1. The zero-order valence-corrected chi connectivity index (χ0v) is 8.18. The summed E-state index contributed by atoms with van der Waals surface area (Å²) in [6, 6.07) is 8.66. The van der Waals surface area contributed by atoms with Crippen molar-refractivity contribution in [2.24, 2.45) is 0 Å². The number of aliphatic hydroxyl groups excluding tert-OH is 1. The molecule has 0 saturated carbocycles. The Kier molecular flexibility index (Phi) is 2.62. The zero-order chi connectivity index (χ0) is 9.10. The Hall–Kier alpha value is -0.860. The second-order valence-electron chi connectivity index (χ2n) is 3.12. The highest BCUT2D eigenvalue weighted by Crippen LogP contribution is 2.22. The van der Waals surface area contributed by atoms with Crippen LogP contribution in [0.25, 0.3) is 10.1 Å². The van der Waals surface area contributed by atoms with Gasteiger partial charge in [0.05, 0.1) is 0 Å². The van der Waals surface area contributed by atoms with E-state index in [2.05, 4.69) is 29.6 Å². The lowest BCUT2D eigenvalue weighted by Crippen LogP contribution is -1.88. The van der Waals surface area contributed by atoms with Gasteiger partial charge < -0.3 is 5.11 Å². The molecule has 0 fully saturated rings. The third-order valence-electron chi connectivity index (χ3n) is 2.14. The molecular weight excluding hydrogens is 180 g/mol. The predicted molar refractivity (Wildman–Crippen MR) is 57.2 cm³/mol. The minimum absolute atomic E-state index is 0.279. The number of thiophene rings is 1. The van der Waals surface area contributed by atoms with Crippen LogP contribution in [0.5, 0.6) is 0 Å². The lowest BCUT2D eigenvalue weighted by molar-refractivity contribution is 0.288. The van der Waals surface area contributed by atoms with E-state index in [1.165, 1.54) is 15.6 Å². The van der Waals surface area contributed by atoms with Gasteiger partial charge in [-0.15, -0.1) is 11.3 Å². The van der Waals surface area contributed by atoms with Gasteiger partial charge in [-0.3, -0.25) is 0 Å². The summed E-state index contributed by atoms with van der Waals surface area (Å²) in [6.07, 6.45) is 1.83. The van der Waals surface area contributed by atoms with Crippen molar-refractivity contribution in [3.8, 4) is 0 Å². The summed E-state index contributed by atoms with van der Waals surface area (Å²) in [5.41, 5.74) is 1.32. The number of benzene rings is 1. The van der Waals surface area contributed by atoms with Crippen LogP contribution >= 0.6 is 11.3 Å². The first kappa shape index (κ1) is 8.73. The molecule has 13 heavy (non-hydrogen) atoms. The molecule has 0 radical (unpaired) electrons. The van der Waals surface area contributed by atoms with Crippen molar-refractivity contribution in [2.75, 3.05) is 6.61 Å². The van der Waals surface area contributed by atoms with Gasteiger partial charge in [-0.1, -0.05) is 12.1 Å². The van der Waals surface area contributed by atoms with Crippen molar-refractivity contribution in [1.29, 1.82) is 0 Å². The summed E-state index contributed by atoms with van der Waals surface area (Å²) in [5.74, 6) is 0. The van der Waals surface area contributed by atoms with Crippen molar-refractivity contribution in [1.82, 2.24) is 0 Å².